The summed E-state index contributed by atoms with van der Waals surface area (Å²) in [4.78, 5) is 0. The lowest BCUT2D eigenvalue weighted by atomic mass is 10.1. The lowest BCUT2D eigenvalue weighted by Crippen LogP contribution is -2.09. The molecule has 0 aliphatic carbocycles. The Labute approximate surface area is 103 Å². The van der Waals surface area contributed by atoms with Gasteiger partial charge in [-0.2, -0.15) is 0 Å². The van der Waals surface area contributed by atoms with E-state index in [2.05, 4.69) is 17.2 Å². The number of aromatic nitrogens is 3. The molecule has 1 heterocycles. The number of ether oxygens (including phenoxy) is 1. The first-order valence-electron chi connectivity index (χ1n) is 6.43. The number of nitrogens with zero attached hydrogens (tertiary/aromatic N) is 3. The summed E-state index contributed by atoms with van der Waals surface area (Å²) in [5, 5.41) is 8.21. The van der Waals surface area contributed by atoms with Crippen LogP contribution in [0.4, 0.5) is 0 Å². The zero-order valence-corrected chi connectivity index (χ0v) is 11.0. The summed E-state index contributed by atoms with van der Waals surface area (Å²) in [6, 6.07) is 0. The molecule has 17 heavy (non-hydrogen) atoms. The smallest absolute Gasteiger partial charge is 0.102 e. The molecule has 5 nitrogen and oxygen atoms in total. The van der Waals surface area contributed by atoms with Crippen molar-refractivity contribution in [3.63, 3.8) is 0 Å². The Morgan fingerprint density at radius 1 is 1.24 bits per heavy atom. The Morgan fingerprint density at radius 2 is 2.00 bits per heavy atom. The first kappa shape index (κ1) is 14.1. The second-order valence-electron chi connectivity index (χ2n) is 4.26. The number of rotatable bonds is 9. The highest BCUT2D eigenvalue weighted by molar-refractivity contribution is 5.08. The molecular weight excluding hydrogens is 216 g/mol. The van der Waals surface area contributed by atoms with Crippen molar-refractivity contribution in [3.8, 4) is 0 Å². The lowest BCUT2D eigenvalue weighted by molar-refractivity contribution is 0.175. The minimum Gasteiger partial charge on any atom is -0.378 e. The van der Waals surface area contributed by atoms with Crippen LogP contribution < -0.4 is 5.73 Å². The predicted molar refractivity (Wildman–Crippen MR) is 67.4 cm³/mol. The maximum Gasteiger partial charge on any atom is 0.102 e. The maximum atomic E-state index is 5.62. The van der Waals surface area contributed by atoms with Crippen LogP contribution in [0.1, 0.15) is 50.4 Å². The van der Waals surface area contributed by atoms with Gasteiger partial charge in [-0.3, -0.25) is 0 Å². The summed E-state index contributed by atoms with van der Waals surface area (Å²) in [5.41, 5.74) is 7.48. The maximum absolute atomic E-state index is 5.62. The van der Waals surface area contributed by atoms with Gasteiger partial charge in [-0.1, -0.05) is 37.8 Å². The first-order chi connectivity index (χ1) is 8.33. The van der Waals surface area contributed by atoms with E-state index in [0.717, 1.165) is 24.4 Å². The summed E-state index contributed by atoms with van der Waals surface area (Å²) < 4.78 is 7.09. The van der Waals surface area contributed by atoms with Crippen LogP contribution in [0.5, 0.6) is 0 Å². The number of nitrogens with two attached hydrogens (primary N) is 1. The summed E-state index contributed by atoms with van der Waals surface area (Å²) in [6.07, 6.45) is 6.28. The van der Waals surface area contributed by atoms with E-state index in [1.54, 1.807) is 7.11 Å². The van der Waals surface area contributed by atoms with Gasteiger partial charge >= 0.3 is 0 Å². The van der Waals surface area contributed by atoms with E-state index in [1.807, 2.05) is 4.68 Å². The van der Waals surface area contributed by atoms with E-state index in [4.69, 9.17) is 10.5 Å². The van der Waals surface area contributed by atoms with Gasteiger partial charge in [0.25, 0.3) is 0 Å². The number of aryl methyl sites for hydroxylation is 1. The molecule has 0 unspecified atom stereocenters. The van der Waals surface area contributed by atoms with Crippen LogP contribution in [-0.2, 0) is 24.4 Å². The Bertz CT molecular complexity index is 311. The fourth-order valence-corrected chi connectivity index (χ4v) is 1.87. The summed E-state index contributed by atoms with van der Waals surface area (Å²) in [6.45, 7) is 4.10. The van der Waals surface area contributed by atoms with Gasteiger partial charge in [0.15, 0.2) is 0 Å². The summed E-state index contributed by atoms with van der Waals surface area (Å²) in [5.74, 6) is 0. The van der Waals surface area contributed by atoms with Gasteiger partial charge in [0.05, 0.1) is 12.3 Å². The van der Waals surface area contributed by atoms with Crippen molar-refractivity contribution in [2.24, 2.45) is 5.73 Å². The Morgan fingerprint density at radius 3 is 2.65 bits per heavy atom. The Kier molecular flexibility index (Phi) is 6.81. The molecule has 0 atom stereocenters. The average Bonchev–Trinajstić information content (AvgIpc) is 2.72. The second kappa shape index (κ2) is 8.20. The van der Waals surface area contributed by atoms with Crippen molar-refractivity contribution in [2.75, 3.05) is 7.11 Å². The van der Waals surface area contributed by atoms with Crippen LogP contribution in [0.15, 0.2) is 0 Å². The third-order valence-electron chi connectivity index (χ3n) is 2.87. The average molecular weight is 240 g/mol. The largest absolute Gasteiger partial charge is 0.378 e. The highest BCUT2D eigenvalue weighted by atomic mass is 16.5. The lowest BCUT2D eigenvalue weighted by Gasteiger charge is -2.06. The molecule has 0 radical (unpaired) electrons. The van der Waals surface area contributed by atoms with Crippen molar-refractivity contribution in [3.05, 3.63) is 11.4 Å². The molecule has 1 aromatic heterocycles. The van der Waals surface area contributed by atoms with E-state index in [-0.39, 0.29) is 0 Å². The predicted octanol–water partition coefficient (Wildman–Crippen LogP) is 1.85. The zero-order chi connectivity index (χ0) is 12.5. The van der Waals surface area contributed by atoms with Crippen LogP contribution in [0, 0.1) is 0 Å². The third kappa shape index (κ3) is 4.44. The molecule has 1 rings (SSSR count). The highest BCUT2D eigenvalue weighted by Crippen LogP contribution is 2.09. The van der Waals surface area contributed by atoms with Gasteiger partial charge in [0.1, 0.15) is 5.69 Å². The van der Waals surface area contributed by atoms with E-state index in [0.29, 0.717) is 13.2 Å². The Hall–Kier alpha value is -0.940. The minimum absolute atomic E-state index is 0.425. The van der Waals surface area contributed by atoms with E-state index < -0.39 is 0 Å². The van der Waals surface area contributed by atoms with Crippen LogP contribution >= 0.6 is 0 Å². The monoisotopic (exact) mass is 240 g/mol. The molecule has 0 spiro atoms. The molecule has 0 aliphatic rings. The molecule has 0 bridgehead atoms. The molecule has 0 amide bonds. The van der Waals surface area contributed by atoms with Crippen molar-refractivity contribution in [1.82, 2.24) is 15.0 Å². The number of hydrogen-bond donors (Lipinski definition) is 1. The molecule has 0 saturated heterocycles. The first-order valence-corrected chi connectivity index (χ1v) is 6.43. The second-order valence-corrected chi connectivity index (χ2v) is 4.26. The van der Waals surface area contributed by atoms with Crippen molar-refractivity contribution in [2.45, 2.75) is 58.7 Å². The molecule has 98 valence electrons. The minimum atomic E-state index is 0.425. The van der Waals surface area contributed by atoms with Gasteiger partial charge in [-0.25, -0.2) is 4.68 Å². The standard InChI is InChI=1S/C12H24N4O/c1-3-4-5-6-7-8-16-12(10-17-2)11(9-13)14-15-16/h3-10,13H2,1-2H3. The van der Waals surface area contributed by atoms with Gasteiger partial charge < -0.3 is 10.5 Å². The van der Waals surface area contributed by atoms with Crippen molar-refractivity contribution >= 4 is 0 Å². The van der Waals surface area contributed by atoms with Crippen molar-refractivity contribution in [1.29, 1.82) is 0 Å². The van der Waals surface area contributed by atoms with Gasteiger partial charge in [0.2, 0.25) is 0 Å². The normalized spacial score (nSPS) is 11.0. The van der Waals surface area contributed by atoms with Gasteiger partial charge in [-0.05, 0) is 6.42 Å². The molecule has 0 saturated carbocycles. The molecular formula is C12H24N4O. The van der Waals surface area contributed by atoms with E-state index in [1.165, 1.54) is 25.7 Å². The molecule has 5 heteroatoms. The number of unbranched alkanes of at least 4 members (excludes halogenated alkanes) is 4. The van der Waals surface area contributed by atoms with Gasteiger partial charge in [0, 0.05) is 20.2 Å². The number of hydrogen-bond acceptors (Lipinski definition) is 4. The SMILES string of the molecule is CCCCCCCn1nnc(CN)c1COC. The highest BCUT2D eigenvalue weighted by Gasteiger charge is 2.10. The molecule has 0 fully saturated rings. The zero-order valence-electron chi connectivity index (χ0n) is 11.0. The topological polar surface area (TPSA) is 66.0 Å². The van der Waals surface area contributed by atoms with Crippen LogP contribution in [-0.4, -0.2) is 22.1 Å². The fraction of sp³-hybridized carbons (Fsp3) is 0.833. The van der Waals surface area contributed by atoms with Crippen LogP contribution in [0.3, 0.4) is 0 Å². The molecule has 2 N–H and O–H groups in total. The van der Waals surface area contributed by atoms with Crippen LogP contribution in [0.2, 0.25) is 0 Å². The number of methoxy groups -OCH3 is 1. The van der Waals surface area contributed by atoms with Crippen molar-refractivity contribution < 1.29 is 4.74 Å². The third-order valence-corrected chi connectivity index (χ3v) is 2.87. The van der Waals surface area contributed by atoms with E-state index in [9.17, 15) is 0 Å². The fourth-order valence-electron chi connectivity index (χ4n) is 1.87. The molecule has 0 aliphatic heterocycles. The summed E-state index contributed by atoms with van der Waals surface area (Å²) in [7, 11) is 1.68. The summed E-state index contributed by atoms with van der Waals surface area (Å²) >= 11 is 0. The quantitative estimate of drug-likeness (QED) is 0.669. The Balaban J connectivity index is 2.43. The molecule has 1 aromatic rings. The molecule has 0 aromatic carbocycles. The van der Waals surface area contributed by atoms with Crippen LogP contribution in [0.25, 0.3) is 0 Å². The van der Waals surface area contributed by atoms with Gasteiger partial charge in [-0.15, -0.1) is 5.10 Å². The van der Waals surface area contributed by atoms with E-state index >= 15 is 0 Å².